The second-order valence-corrected chi connectivity index (χ2v) is 4.38. The first-order chi connectivity index (χ1) is 10.6. The van der Waals surface area contributed by atoms with Crippen molar-refractivity contribution in [2.45, 2.75) is 13.3 Å². The van der Waals surface area contributed by atoms with E-state index in [1.807, 2.05) is 31.2 Å². The molecule has 0 radical (unpaired) electrons. The smallest absolute Gasteiger partial charge is 0.433 e. The van der Waals surface area contributed by atoms with Crippen LogP contribution in [0.5, 0.6) is 5.75 Å². The fourth-order valence-electron chi connectivity index (χ4n) is 1.76. The Balaban J connectivity index is 1.78. The molecule has 0 aliphatic carbocycles. The number of esters is 1. The summed E-state index contributed by atoms with van der Waals surface area (Å²) in [4.78, 5) is 21.3. The maximum atomic E-state index is 11.6. The maximum absolute atomic E-state index is 11.6. The van der Waals surface area contributed by atoms with E-state index in [4.69, 9.17) is 13.9 Å². The van der Waals surface area contributed by atoms with Crippen LogP contribution in [0.4, 0.5) is 5.88 Å². The number of carbonyl (C=O) groups excluding carboxylic acids is 1. The number of aryl methyl sites for hydroxylation is 1. The Bertz CT molecular complexity index is 664. The zero-order chi connectivity index (χ0) is 15.9. The molecule has 1 aromatic heterocycles. The molecular formula is C15H15NO6. The van der Waals surface area contributed by atoms with Crippen molar-refractivity contribution in [3.05, 3.63) is 57.8 Å². The van der Waals surface area contributed by atoms with Crippen LogP contribution in [-0.4, -0.2) is 24.1 Å². The Morgan fingerprint density at radius 3 is 2.77 bits per heavy atom. The van der Waals surface area contributed by atoms with E-state index in [-0.39, 0.29) is 19.0 Å². The Morgan fingerprint density at radius 2 is 2.09 bits per heavy atom. The summed E-state index contributed by atoms with van der Waals surface area (Å²) in [7, 11) is 0. The molecule has 22 heavy (non-hydrogen) atoms. The van der Waals surface area contributed by atoms with Gasteiger partial charge in [0.05, 0.1) is 6.07 Å². The van der Waals surface area contributed by atoms with Crippen LogP contribution in [0.2, 0.25) is 0 Å². The van der Waals surface area contributed by atoms with Crippen molar-refractivity contribution in [3.63, 3.8) is 0 Å². The number of rotatable bonds is 7. The summed E-state index contributed by atoms with van der Waals surface area (Å²) in [5, 5.41) is 10.4. The predicted molar refractivity (Wildman–Crippen MR) is 77.0 cm³/mol. The normalized spacial score (nSPS) is 10.2. The lowest BCUT2D eigenvalue weighted by Gasteiger charge is -2.07. The van der Waals surface area contributed by atoms with Crippen molar-refractivity contribution in [1.29, 1.82) is 0 Å². The number of benzene rings is 1. The highest BCUT2D eigenvalue weighted by molar-refractivity contribution is 5.86. The highest BCUT2D eigenvalue weighted by Gasteiger charge is 2.18. The van der Waals surface area contributed by atoms with Gasteiger partial charge in [-0.1, -0.05) is 19.1 Å². The molecule has 0 amide bonds. The minimum absolute atomic E-state index is 0.0175. The van der Waals surface area contributed by atoms with Crippen LogP contribution in [0.1, 0.15) is 23.0 Å². The SMILES string of the molecule is CCc1cccc(OCCOC(=O)c2ccc([N+](=O)[O-])o2)c1. The van der Waals surface area contributed by atoms with Gasteiger partial charge in [-0.15, -0.1) is 0 Å². The van der Waals surface area contributed by atoms with Crippen LogP contribution in [-0.2, 0) is 11.2 Å². The molecule has 0 fully saturated rings. The summed E-state index contributed by atoms with van der Waals surface area (Å²) in [5.74, 6) is -0.776. The Hall–Kier alpha value is -2.83. The molecule has 0 bridgehead atoms. The van der Waals surface area contributed by atoms with Gasteiger partial charge in [-0.25, -0.2) is 4.79 Å². The number of hydrogen-bond donors (Lipinski definition) is 0. The molecule has 0 saturated heterocycles. The average Bonchev–Trinajstić information content (AvgIpc) is 3.02. The minimum atomic E-state index is -0.765. The fraction of sp³-hybridized carbons (Fsp3) is 0.267. The van der Waals surface area contributed by atoms with E-state index >= 15 is 0 Å². The molecule has 116 valence electrons. The summed E-state index contributed by atoms with van der Waals surface area (Å²) in [5.41, 5.74) is 1.15. The molecule has 1 aromatic carbocycles. The number of furan rings is 1. The molecule has 0 N–H and O–H groups in total. The molecule has 7 nitrogen and oxygen atoms in total. The summed E-state index contributed by atoms with van der Waals surface area (Å²) >= 11 is 0. The first-order valence-corrected chi connectivity index (χ1v) is 6.73. The third kappa shape index (κ3) is 4.08. The van der Waals surface area contributed by atoms with Gasteiger partial charge in [0.1, 0.15) is 23.9 Å². The van der Waals surface area contributed by atoms with Gasteiger partial charge in [0.25, 0.3) is 0 Å². The standard InChI is InChI=1S/C15H15NO6/c1-2-11-4-3-5-12(10-11)20-8-9-21-15(17)13-6-7-14(22-13)16(18)19/h3-7,10H,2,8-9H2,1H3. The third-order valence-electron chi connectivity index (χ3n) is 2.86. The molecule has 0 unspecified atom stereocenters. The molecule has 0 atom stereocenters. The maximum Gasteiger partial charge on any atom is 0.433 e. The first kappa shape index (κ1) is 15.6. The van der Waals surface area contributed by atoms with Crippen LogP contribution in [0.3, 0.4) is 0 Å². The second-order valence-electron chi connectivity index (χ2n) is 4.38. The monoisotopic (exact) mass is 305 g/mol. The van der Waals surface area contributed by atoms with Crippen molar-refractivity contribution < 1.29 is 23.6 Å². The van der Waals surface area contributed by atoms with Crippen LogP contribution in [0, 0.1) is 10.1 Å². The Labute approximate surface area is 126 Å². The largest absolute Gasteiger partial charge is 0.490 e. The Morgan fingerprint density at radius 1 is 1.27 bits per heavy atom. The van der Waals surface area contributed by atoms with Crippen molar-refractivity contribution >= 4 is 11.9 Å². The second kappa shape index (κ2) is 7.26. The fourth-order valence-corrected chi connectivity index (χ4v) is 1.76. The predicted octanol–water partition coefficient (Wildman–Crippen LogP) is 2.99. The van der Waals surface area contributed by atoms with Gasteiger partial charge in [0, 0.05) is 0 Å². The van der Waals surface area contributed by atoms with Crippen molar-refractivity contribution in [3.8, 4) is 5.75 Å². The molecular weight excluding hydrogens is 290 g/mol. The van der Waals surface area contributed by atoms with Crippen LogP contribution in [0.25, 0.3) is 0 Å². The van der Waals surface area contributed by atoms with E-state index < -0.39 is 16.8 Å². The number of nitrogens with zero attached hydrogens (tertiary/aromatic N) is 1. The Kier molecular flexibility index (Phi) is 5.13. The van der Waals surface area contributed by atoms with Crippen LogP contribution < -0.4 is 4.74 Å². The summed E-state index contributed by atoms with van der Waals surface area (Å²) in [6.45, 7) is 2.24. The zero-order valence-corrected chi connectivity index (χ0v) is 12.0. The van der Waals surface area contributed by atoms with E-state index in [0.717, 1.165) is 18.1 Å². The summed E-state index contributed by atoms with van der Waals surface area (Å²) < 4.78 is 15.1. The van der Waals surface area contributed by atoms with E-state index in [0.29, 0.717) is 5.75 Å². The van der Waals surface area contributed by atoms with Gasteiger partial charge in [-0.3, -0.25) is 10.1 Å². The quantitative estimate of drug-likeness (QED) is 0.338. The molecule has 0 spiro atoms. The zero-order valence-electron chi connectivity index (χ0n) is 12.0. The highest BCUT2D eigenvalue weighted by atomic mass is 16.7. The van der Waals surface area contributed by atoms with Crippen LogP contribution in [0.15, 0.2) is 40.8 Å². The molecule has 0 aliphatic rings. The molecule has 0 saturated carbocycles. The summed E-state index contributed by atoms with van der Waals surface area (Å²) in [6.07, 6.45) is 0.906. The van der Waals surface area contributed by atoms with Gasteiger partial charge in [-0.2, -0.15) is 0 Å². The molecule has 1 heterocycles. The molecule has 2 rings (SSSR count). The minimum Gasteiger partial charge on any atom is -0.490 e. The van der Waals surface area contributed by atoms with Crippen molar-refractivity contribution in [2.24, 2.45) is 0 Å². The number of hydrogen-bond acceptors (Lipinski definition) is 6. The van der Waals surface area contributed by atoms with E-state index in [9.17, 15) is 14.9 Å². The average molecular weight is 305 g/mol. The topological polar surface area (TPSA) is 91.8 Å². The van der Waals surface area contributed by atoms with Gasteiger partial charge < -0.3 is 13.9 Å². The highest BCUT2D eigenvalue weighted by Crippen LogP contribution is 2.16. The van der Waals surface area contributed by atoms with E-state index in [2.05, 4.69) is 0 Å². The molecule has 0 aliphatic heterocycles. The third-order valence-corrected chi connectivity index (χ3v) is 2.86. The van der Waals surface area contributed by atoms with Gasteiger partial charge >= 0.3 is 11.9 Å². The molecule has 7 heteroatoms. The number of carbonyl (C=O) groups is 1. The lowest BCUT2D eigenvalue weighted by Crippen LogP contribution is -2.11. The van der Waals surface area contributed by atoms with Gasteiger partial charge in [-0.05, 0) is 30.2 Å². The summed E-state index contributed by atoms with van der Waals surface area (Å²) in [6, 6.07) is 9.92. The van der Waals surface area contributed by atoms with Crippen LogP contribution >= 0.6 is 0 Å². The van der Waals surface area contributed by atoms with Crippen molar-refractivity contribution in [2.75, 3.05) is 13.2 Å². The first-order valence-electron chi connectivity index (χ1n) is 6.73. The lowest BCUT2D eigenvalue weighted by atomic mass is 10.2. The van der Waals surface area contributed by atoms with E-state index in [1.54, 1.807) is 0 Å². The molecule has 2 aromatic rings. The lowest BCUT2D eigenvalue weighted by molar-refractivity contribution is -0.402. The van der Waals surface area contributed by atoms with E-state index in [1.165, 1.54) is 6.07 Å². The number of nitro groups is 1. The number of ether oxygens (including phenoxy) is 2. The van der Waals surface area contributed by atoms with Gasteiger partial charge in [0.2, 0.25) is 5.76 Å². The van der Waals surface area contributed by atoms with Crippen molar-refractivity contribution in [1.82, 2.24) is 0 Å². The van der Waals surface area contributed by atoms with Gasteiger partial charge in [0.15, 0.2) is 0 Å².